The third-order valence-corrected chi connectivity index (χ3v) is 3.34. The van der Waals surface area contributed by atoms with E-state index in [4.69, 9.17) is 10.4 Å². The number of Topliss-reactive ketones (excluding diaryl/α,β-unsaturated/α-hetero) is 1. The number of carboxylic acid groups (broad SMARTS) is 1. The summed E-state index contributed by atoms with van der Waals surface area (Å²) in [6, 6.07) is 8.05. The number of nitrogens with one attached hydrogen (secondary N) is 1. The number of aromatic nitrogens is 2. The molecule has 0 saturated carbocycles. The van der Waals surface area contributed by atoms with Gasteiger partial charge in [-0.2, -0.15) is 5.26 Å². The highest BCUT2D eigenvalue weighted by atomic mass is 16.4. The summed E-state index contributed by atoms with van der Waals surface area (Å²) in [5.41, 5.74) is 0.384. The predicted octanol–water partition coefficient (Wildman–Crippen LogP) is 2.60. The number of pyridine rings is 2. The van der Waals surface area contributed by atoms with E-state index >= 15 is 0 Å². The van der Waals surface area contributed by atoms with Crippen molar-refractivity contribution >= 4 is 17.6 Å². The lowest BCUT2D eigenvalue weighted by molar-refractivity contribution is 0.0900. The van der Waals surface area contributed by atoms with Gasteiger partial charge in [0.15, 0.2) is 5.78 Å². The summed E-state index contributed by atoms with van der Waals surface area (Å²) in [5, 5.41) is 19.7. The molecule has 1 amide bonds. The highest BCUT2D eigenvalue weighted by Crippen LogP contribution is 2.26. The first-order valence-electron chi connectivity index (χ1n) is 6.72. The summed E-state index contributed by atoms with van der Waals surface area (Å²) >= 11 is 0. The van der Waals surface area contributed by atoms with Gasteiger partial charge in [0.2, 0.25) is 0 Å². The summed E-state index contributed by atoms with van der Waals surface area (Å²) in [4.78, 5) is 31.4. The zero-order chi connectivity index (χ0) is 17.0. The first-order chi connectivity index (χ1) is 10.8. The summed E-state index contributed by atoms with van der Waals surface area (Å²) in [7, 11) is 0. The van der Waals surface area contributed by atoms with E-state index < -0.39 is 11.5 Å². The van der Waals surface area contributed by atoms with Crippen molar-refractivity contribution in [3.05, 3.63) is 53.6 Å². The van der Waals surface area contributed by atoms with Crippen LogP contribution in [-0.4, -0.2) is 27.0 Å². The molecule has 0 aromatic carbocycles. The maximum Gasteiger partial charge on any atom is 0.409 e. The number of nitriles is 1. The van der Waals surface area contributed by atoms with Crippen molar-refractivity contribution in [1.29, 1.82) is 5.26 Å². The smallest absolute Gasteiger partial charge is 0.409 e. The highest BCUT2D eigenvalue weighted by Gasteiger charge is 2.33. The van der Waals surface area contributed by atoms with Crippen LogP contribution in [0.3, 0.4) is 0 Å². The number of anilines is 1. The van der Waals surface area contributed by atoms with Crippen molar-refractivity contribution in [3.63, 3.8) is 0 Å². The third-order valence-electron chi connectivity index (χ3n) is 3.34. The van der Waals surface area contributed by atoms with Gasteiger partial charge in [0.25, 0.3) is 0 Å². The standard InChI is InChI=1S/C16H14N4O3/c1-16(2,13-7-10(8-17)5-6-18-13)14(21)12-4-3-11(9-19-12)20-15(22)23/h3-7,9,20H,1-2H3,(H,22,23). The summed E-state index contributed by atoms with van der Waals surface area (Å²) in [6.45, 7) is 3.40. The number of rotatable bonds is 4. The van der Waals surface area contributed by atoms with Gasteiger partial charge in [0.1, 0.15) is 5.69 Å². The van der Waals surface area contributed by atoms with Crippen LogP contribution in [0.5, 0.6) is 0 Å². The summed E-state index contributed by atoms with van der Waals surface area (Å²) in [6.07, 6.45) is 1.55. The van der Waals surface area contributed by atoms with Crippen molar-refractivity contribution in [3.8, 4) is 6.07 Å². The Bertz CT molecular complexity index is 792. The van der Waals surface area contributed by atoms with Crippen LogP contribution in [0.1, 0.15) is 35.6 Å². The van der Waals surface area contributed by atoms with Crippen LogP contribution in [0.2, 0.25) is 0 Å². The molecule has 7 nitrogen and oxygen atoms in total. The molecule has 0 atom stereocenters. The summed E-state index contributed by atoms with van der Waals surface area (Å²) in [5.74, 6) is -0.276. The van der Waals surface area contributed by atoms with Gasteiger partial charge in [-0.25, -0.2) is 4.79 Å². The first kappa shape index (κ1) is 16.1. The molecule has 0 aliphatic heterocycles. The Morgan fingerprint density at radius 3 is 2.57 bits per heavy atom. The van der Waals surface area contributed by atoms with Crippen LogP contribution in [-0.2, 0) is 5.41 Å². The molecule has 7 heteroatoms. The van der Waals surface area contributed by atoms with Crippen molar-refractivity contribution in [1.82, 2.24) is 9.97 Å². The molecule has 23 heavy (non-hydrogen) atoms. The molecule has 0 unspecified atom stereocenters. The van der Waals surface area contributed by atoms with Gasteiger partial charge in [0.05, 0.1) is 34.6 Å². The fourth-order valence-corrected chi connectivity index (χ4v) is 2.00. The molecule has 0 spiro atoms. The molecule has 0 aliphatic carbocycles. The van der Waals surface area contributed by atoms with Crippen LogP contribution in [0, 0.1) is 11.3 Å². The minimum absolute atomic E-state index is 0.190. The molecular formula is C16H14N4O3. The SMILES string of the molecule is CC(C)(C(=O)c1ccc(NC(=O)O)cn1)c1cc(C#N)ccn1. The quantitative estimate of drug-likeness (QED) is 0.838. The highest BCUT2D eigenvalue weighted by molar-refractivity contribution is 6.02. The zero-order valence-corrected chi connectivity index (χ0v) is 12.6. The van der Waals surface area contributed by atoms with E-state index in [0.29, 0.717) is 11.3 Å². The Morgan fingerprint density at radius 2 is 2.00 bits per heavy atom. The number of nitrogens with zero attached hydrogens (tertiary/aromatic N) is 3. The number of amides is 1. The molecule has 0 bridgehead atoms. The van der Waals surface area contributed by atoms with E-state index in [9.17, 15) is 9.59 Å². The number of hydrogen-bond donors (Lipinski definition) is 2. The predicted molar refractivity (Wildman–Crippen MR) is 82.2 cm³/mol. The second-order valence-electron chi connectivity index (χ2n) is 5.36. The van der Waals surface area contributed by atoms with E-state index in [-0.39, 0.29) is 17.2 Å². The van der Waals surface area contributed by atoms with Crippen LogP contribution in [0.4, 0.5) is 10.5 Å². The average molecular weight is 310 g/mol. The molecule has 2 rings (SSSR count). The Hall–Kier alpha value is -3.27. The maximum atomic E-state index is 12.7. The largest absolute Gasteiger partial charge is 0.465 e. The van der Waals surface area contributed by atoms with Crippen LogP contribution in [0.25, 0.3) is 0 Å². The number of carbonyl (C=O) groups is 2. The van der Waals surface area contributed by atoms with E-state index in [1.807, 2.05) is 6.07 Å². The second kappa shape index (κ2) is 6.23. The lowest BCUT2D eigenvalue weighted by Gasteiger charge is -2.22. The first-order valence-corrected chi connectivity index (χ1v) is 6.72. The molecule has 0 saturated heterocycles. The topological polar surface area (TPSA) is 116 Å². The molecule has 0 fully saturated rings. The Kier molecular flexibility index (Phi) is 4.37. The molecular weight excluding hydrogens is 296 g/mol. The van der Waals surface area contributed by atoms with Gasteiger partial charge in [-0.1, -0.05) is 0 Å². The fraction of sp³-hybridized carbons (Fsp3) is 0.188. The van der Waals surface area contributed by atoms with Gasteiger partial charge in [-0.3, -0.25) is 20.1 Å². The molecule has 2 heterocycles. The van der Waals surface area contributed by atoms with Crippen LogP contribution < -0.4 is 5.32 Å². The van der Waals surface area contributed by atoms with E-state index in [2.05, 4.69) is 15.3 Å². The van der Waals surface area contributed by atoms with Gasteiger partial charge in [-0.05, 0) is 38.1 Å². The minimum atomic E-state index is -1.20. The second-order valence-corrected chi connectivity index (χ2v) is 5.36. The van der Waals surface area contributed by atoms with E-state index in [1.165, 1.54) is 24.5 Å². The Labute approximate surface area is 132 Å². The molecule has 2 aromatic heterocycles. The van der Waals surface area contributed by atoms with Crippen molar-refractivity contribution in [2.45, 2.75) is 19.3 Å². The van der Waals surface area contributed by atoms with E-state index in [1.54, 1.807) is 26.0 Å². The lowest BCUT2D eigenvalue weighted by atomic mass is 9.82. The maximum absolute atomic E-state index is 12.7. The van der Waals surface area contributed by atoms with Gasteiger partial charge >= 0.3 is 6.09 Å². The zero-order valence-electron chi connectivity index (χ0n) is 12.6. The van der Waals surface area contributed by atoms with Crippen molar-refractivity contribution in [2.24, 2.45) is 0 Å². The number of carbonyl (C=O) groups excluding carboxylic acids is 1. The monoisotopic (exact) mass is 310 g/mol. The molecule has 2 N–H and O–H groups in total. The molecule has 116 valence electrons. The van der Waals surface area contributed by atoms with Gasteiger partial charge in [0, 0.05) is 6.20 Å². The van der Waals surface area contributed by atoms with Crippen LogP contribution >= 0.6 is 0 Å². The molecule has 0 aliphatic rings. The van der Waals surface area contributed by atoms with E-state index in [0.717, 1.165) is 0 Å². The minimum Gasteiger partial charge on any atom is -0.465 e. The molecule has 2 aromatic rings. The number of ketones is 1. The number of hydrogen-bond acceptors (Lipinski definition) is 5. The fourth-order valence-electron chi connectivity index (χ4n) is 2.00. The van der Waals surface area contributed by atoms with Crippen LogP contribution in [0.15, 0.2) is 36.7 Å². The molecule has 0 radical (unpaired) electrons. The Morgan fingerprint density at radius 1 is 1.26 bits per heavy atom. The third kappa shape index (κ3) is 3.49. The van der Waals surface area contributed by atoms with Crippen molar-refractivity contribution in [2.75, 3.05) is 5.32 Å². The van der Waals surface area contributed by atoms with Gasteiger partial charge in [-0.15, -0.1) is 0 Å². The summed E-state index contributed by atoms with van der Waals surface area (Å²) < 4.78 is 0. The Balaban J connectivity index is 2.30. The van der Waals surface area contributed by atoms with Crippen molar-refractivity contribution < 1.29 is 14.7 Å². The lowest BCUT2D eigenvalue weighted by Crippen LogP contribution is -2.31. The normalized spacial score (nSPS) is 10.7. The average Bonchev–Trinajstić information content (AvgIpc) is 2.54. The van der Waals surface area contributed by atoms with Gasteiger partial charge < -0.3 is 5.11 Å².